The number of rotatable bonds is 3. The van der Waals surface area contributed by atoms with E-state index in [0.717, 1.165) is 10.0 Å². The number of ether oxygens (including phenoxy) is 1. The van der Waals surface area contributed by atoms with Crippen molar-refractivity contribution in [3.05, 3.63) is 55.1 Å². The molecule has 0 atom stereocenters. The zero-order valence-corrected chi connectivity index (χ0v) is 12.9. The molecule has 0 aliphatic heterocycles. The molecule has 98 valence electrons. The van der Waals surface area contributed by atoms with Crippen LogP contribution in [0.25, 0.3) is 0 Å². The third-order valence-corrected chi connectivity index (χ3v) is 3.68. The molecule has 2 rings (SSSR count). The Morgan fingerprint density at radius 1 is 1.32 bits per heavy atom. The molecule has 0 unspecified atom stereocenters. The maximum Gasteiger partial charge on any atom is 0.312 e. The molecule has 0 bridgehead atoms. The third-order valence-electron chi connectivity index (χ3n) is 2.35. The van der Waals surface area contributed by atoms with E-state index >= 15 is 0 Å². The minimum atomic E-state index is -0.494. The Balaban J connectivity index is 2.37. The van der Waals surface area contributed by atoms with Gasteiger partial charge in [-0.15, -0.1) is 0 Å². The molecule has 0 aliphatic carbocycles. The van der Waals surface area contributed by atoms with Crippen molar-refractivity contribution in [1.29, 1.82) is 0 Å². The van der Waals surface area contributed by atoms with Gasteiger partial charge in [-0.1, -0.05) is 15.9 Å². The molecule has 2 aromatic rings. The number of nitro benzene ring substituents is 1. The maximum atomic E-state index is 11.0. The molecule has 0 amide bonds. The highest BCUT2D eigenvalue weighted by Gasteiger charge is 2.16. The molecule has 5 nitrogen and oxygen atoms in total. The number of aryl methyl sites for hydroxylation is 1. The van der Waals surface area contributed by atoms with Crippen molar-refractivity contribution in [2.75, 3.05) is 0 Å². The Labute approximate surface area is 126 Å². The second-order valence-electron chi connectivity index (χ2n) is 3.74. The van der Waals surface area contributed by atoms with Crippen LogP contribution in [0, 0.1) is 17.0 Å². The van der Waals surface area contributed by atoms with Gasteiger partial charge in [-0.3, -0.25) is 10.1 Å². The zero-order valence-electron chi connectivity index (χ0n) is 9.76. The Kier molecular flexibility index (Phi) is 4.16. The van der Waals surface area contributed by atoms with Crippen molar-refractivity contribution in [1.82, 2.24) is 4.98 Å². The van der Waals surface area contributed by atoms with Crippen LogP contribution in [0.15, 0.2) is 39.4 Å². The van der Waals surface area contributed by atoms with Crippen molar-refractivity contribution >= 4 is 37.5 Å². The number of nitrogens with zero attached hydrogens (tertiary/aromatic N) is 2. The number of halogens is 2. The number of nitro groups is 1. The highest BCUT2D eigenvalue weighted by atomic mass is 79.9. The van der Waals surface area contributed by atoms with Crippen LogP contribution in [0.3, 0.4) is 0 Å². The predicted octanol–water partition coefficient (Wildman–Crippen LogP) is 4.62. The van der Waals surface area contributed by atoms with E-state index in [1.54, 1.807) is 18.3 Å². The topological polar surface area (TPSA) is 65.3 Å². The average molecular weight is 388 g/mol. The summed E-state index contributed by atoms with van der Waals surface area (Å²) < 4.78 is 6.94. The fourth-order valence-electron chi connectivity index (χ4n) is 1.40. The minimum absolute atomic E-state index is 0.114. The molecule has 0 spiro atoms. The number of hydrogen-bond donors (Lipinski definition) is 0. The number of hydrogen-bond acceptors (Lipinski definition) is 4. The van der Waals surface area contributed by atoms with Gasteiger partial charge in [0, 0.05) is 27.3 Å². The lowest BCUT2D eigenvalue weighted by atomic mass is 10.3. The van der Waals surface area contributed by atoms with E-state index in [-0.39, 0.29) is 11.4 Å². The van der Waals surface area contributed by atoms with E-state index in [4.69, 9.17) is 4.74 Å². The third kappa shape index (κ3) is 3.30. The van der Waals surface area contributed by atoms with E-state index in [2.05, 4.69) is 36.8 Å². The lowest BCUT2D eigenvalue weighted by molar-refractivity contribution is -0.385. The van der Waals surface area contributed by atoms with E-state index in [1.165, 1.54) is 12.1 Å². The molecule has 0 saturated heterocycles. The van der Waals surface area contributed by atoms with Crippen LogP contribution in [-0.2, 0) is 0 Å². The first-order valence-corrected chi connectivity index (χ1v) is 6.80. The Morgan fingerprint density at radius 3 is 2.68 bits per heavy atom. The minimum Gasteiger partial charge on any atom is -0.432 e. The van der Waals surface area contributed by atoms with Gasteiger partial charge >= 0.3 is 5.69 Å². The molecule has 1 aromatic carbocycles. The van der Waals surface area contributed by atoms with Crippen molar-refractivity contribution in [2.24, 2.45) is 0 Å². The number of aromatic nitrogens is 1. The summed E-state index contributed by atoms with van der Waals surface area (Å²) in [5.74, 6) is 0.466. The smallest absolute Gasteiger partial charge is 0.312 e. The maximum absolute atomic E-state index is 11.0. The van der Waals surface area contributed by atoms with Gasteiger partial charge in [-0.25, -0.2) is 4.98 Å². The summed E-state index contributed by atoms with van der Waals surface area (Å²) in [6, 6.07) is 6.30. The van der Waals surface area contributed by atoms with Crippen LogP contribution in [0.5, 0.6) is 11.6 Å². The van der Waals surface area contributed by atoms with Gasteiger partial charge in [0.15, 0.2) is 0 Å². The van der Waals surface area contributed by atoms with Gasteiger partial charge in [0.2, 0.25) is 11.6 Å². The Bertz CT molecular complexity index is 647. The Hall–Kier alpha value is -1.47. The van der Waals surface area contributed by atoms with E-state index in [0.29, 0.717) is 10.4 Å². The molecule has 19 heavy (non-hydrogen) atoms. The van der Waals surface area contributed by atoms with Crippen molar-refractivity contribution < 1.29 is 9.66 Å². The summed E-state index contributed by atoms with van der Waals surface area (Å²) in [5.41, 5.74) is 0.821. The SMILES string of the molecule is Cc1cc(Oc2ccc(Br)cc2[N+](=O)[O-])ncc1Br. The molecular formula is C12H8Br2N2O3. The first kappa shape index (κ1) is 14.0. The van der Waals surface area contributed by atoms with E-state index in [1.807, 2.05) is 6.92 Å². The van der Waals surface area contributed by atoms with Crippen LogP contribution < -0.4 is 4.74 Å². The summed E-state index contributed by atoms with van der Waals surface area (Å²) in [7, 11) is 0. The normalized spacial score (nSPS) is 10.3. The average Bonchev–Trinajstić information content (AvgIpc) is 2.36. The number of benzene rings is 1. The summed E-state index contributed by atoms with van der Waals surface area (Å²) in [5, 5.41) is 11.0. The second-order valence-corrected chi connectivity index (χ2v) is 5.51. The first-order valence-electron chi connectivity index (χ1n) is 5.21. The van der Waals surface area contributed by atoms with Crippen LogP contribution in [-0.4, -0.2) is 9.91 Å². The second kappa shape index (κ2) is 5.66. The van der Waals surface area contributed by atoms with Gasteiger partial charge in [-0.2, -0.15) is 0 Å². The summed E-state index contributed by atoms with van der Waals surface area (Å²) in [4.78, 5) is 14.5. The monoisotopic (exact) mass is 386 g/mol. The van der Waals surface area contributed by atoms with Gasteiger partial charge in [0.25, 0.3) is 0 Å². The van der Waals surface area contributed by atoms with Crippen LogP contribution in [0.2, 0.25) is 0 Å². The van der Waals surface area contributed by atoms with Crippen LogP contribution in [0.4, 0.5) is 5.69 Å². The van der Waals surface area contributed by atoms with Gasteiger partial charge in [-0.05, 0) is 40.5 Å². The van der Waals surface area contributed by atoms with Gasteiger partial charge in [0.05, 0.1) is 4.92 Å². The van der Waals surface area contributed by atoms with E-state index in [9.17, 15) is 10.1 Å². The molecular weight excluding hydrogens is 380 g/mol. The first-order chi connectivity index (χ1) is 8.97. The molecule has 7 heteroatoms. The summed E-state index contributed by atoms with van der Waals surface area (Å²) in [6.07, 6.45) is 1.59. The molecule has 0 fully saturated rings. The summed E-state index contributed by atoms with van der Waals surface area (Å²) >= 11 is 6.52. The lowest BCUT2D eigenvalue weighted by Crippen LogP contribution is -1.95. The zero-order chi connectivity index (χ0) is 14.0. The summed E-state index contributed by atoms with van der Waals surface area (Å²) in [6.45, 7) is 1.88. The fourth-order valence-corrected chi connectivity index (χ4v) is 1.97. The largest absolute Gasteiger partial charge is 0.432 e. The molecule has 1 heterocycles. The highest BCUT2D eigenvalue weighted by Crippen LogP contribution is 2.33. The molecule has 0 radical (unpaired) electrons. The molecule has 0 saturated carbocycles. The molecule has 0 N–H and O–H groups in total. The Morgan fingerprint density at radius 2 is 2.05 bits per heavy atom. The standard InChI is InChI=1S/C12H8Br2N2O3/c1-7-4-12(15-6-9(7)14)19-11-3-2-8(13)5-10(11)16(17)18/h2-6H,1H3. The molecule has 1 aromatic heterocycles. The van der Waals surface area contributed by atoms with Crippen LogP contribution in [0.1, 0.15) is 5.56 Å². The van der Waals surface area contributed by atoms with E-state index < -0.39 is 4.92 Å². The number of pyridine rings is 1. The quantitative estimate of drug-likeness (QED) is 0.569. The van der Waals surface area contributed by atoms with Crippen molar-refractivity contribution in [2.45, 2.75) is 6.92 Å². The lowest BCUT2D eigenvalue weighted by Gasteiger charge is -2.07. The fraction of sp³-hybridized carbons (Fsp3) is 0.0833. The van der Waals surface area contributed by atoms with Crippen molar-refractivity contribution in [3.63, 3.8) is 0 Å². The predicted molar refractivity (Wildman–Crippen MR) is 77.5 cm³/mol. The van der Waals surface area contributed by atoms with Gasteiger partial charge < -0.3 is 4.74 Å². The van der Waals surface area contributed by atoms with Gasteiger partial charge in [0.1, 0.15) is 0 Å². The highest BCUT2D eigenvalue weighted by molar-refractivity contribution is 9.10. The van der Waals surface area contributed by atoms with Crippen LogP contribution >= 0.6 is 31.9 Å². The molecule has 0 aliphatic rings. The van der Waals surface area contributed by atoms with Crippen molar-refractivity contribution in [3.8, 4) is 11.6 Å².